The fourth-order valence-electron chi connectivity index (χ4n) is 5.14. The minimum Gasteiger partial charge on any atom is -0.324 e. The molecule has 0 atom stereocenters. The van der Waals surface area contributed by atoms with E-state index < -0.39 is 0 Å². The summed E-state index contributed by atoms with van der Waals surface area (Å²) in [6, 6.07) is 8.31. The molecule has 1 aliphatic heterocycles. The smallest absolute Gasteiger partial charge is 0.278 e. The summed E-state index contributed by atoms with van der Waals surface area (Å²) in [6.07, 6.45) is 6.79. The molecule has 0 bridgehead atoms. The molecule has 3 aromatic heterocycles. The van der Waals surface area contributed by atoms with E-state index in [1.165, 1.54) is 16.7 Å². The number of pyridine rings is 1. The summed E-state index contributed by atoms with van der Waals surface area (Å²) in [6.45, 7) is 10.3. The highest BCUT2D eigenvalue weighted by atomic mass is 16.1. The van der Waals surface area contributed by atoms with E-state index in [0.717, 1.165) is 49.4 Å². The second-order valence-electron chi connectivity index (χ2n) is 10.4. The molecule has 1 saturated carbocycles. The summed E-state index contributed by atoms with van der Waals surface area (Å²) in [5.41, 5.74) is 7.54. The molecule has 0 saturated heterocycles. The Hall–Kier alpha value is -3.52. The monoisotopic (exact) mass is 469 g/mol. The van der Waals surface area contributed by atoms with Crippen molar-refractivity contribution in [2.45, 2.75) is 65.0 Å². The first kappa shape index (κ1) is 22.0. The minimum atomic E-state index is -0.0896. The third kappa shape index (κ3) is 3.72. The fraction of sp³-hybridized carbons (Fsp3) is 0.407. The van der Waals surface area contributed by atoms with Gasteiger partial charge in [-0.05, 0) is 87.5 Å². The summed E-state index contributed by atoms with van der Waals surface area (Å²) >= 11 is 0. The molecular weight excluding hydrogens is 438 g/mol. The summed E-state index contributed by atoms with van der Waals surface area (Å²) < 4.78 is 3.68. The number of anilines is 2. The first-order valence-corrected chi connectivity index (χ1v) is 12.4. The molecule has 0 spiro atoms. The van der Waals surface area contributed by atoms with E-state index in [-0.39, 0.29) is 17.0 Å². The standard InChI is InChI=1S/C27H31N7O/c1-16(2)33-25(35)22-15-30-26(31-19-11-17(3)21-6-9-28-14-18(21)12-19)32-24(22)34(33)20-5-10-29-23(13-20)27(4)7-8-27/h5,10-13,15-16,28H,6-9,14H2,1-4H3,(H,30,31,32). The van der Waals surface area contributed by atoms with E-state index in [9.17, 15) is 4.79 Å². The zero-order valence-electron chi connectivity index (χ0n) is 20.7. The topological polar surface area (TPSA) is 89.7 Å². The van der Waals surface area contributed by atoms with Crippen LogP contribution in [0.4, 0.5) is 11.6 Å². The van der Waals surface area contributed by atoms with Gasteiger partial charge in [-0.2, -0.15) is 4.98 Å². The maximum absolute atomic E-state index is 13.4. The predicted octanol–water partition coefficient (Wildman–Crippen LogP) is 4.31. The Kier molecular flexibility index (Phi) is 5.03. The van der Waals surface area contributed by atoms with Gasteiger partial charge in [-0.25, -0.2) is 14.3 Å². The highest BCUT2D eigenvalue weighted by Gasteiger charge is 2.40. The van der Waals surface area contributed by atoms with Gasteiger partial charge in [0.25, 0.3) is 5.56 Å². The molecule has 1 aliphatic carbocycles. The average molecular weight is 470 g/mol. The molecule has 0 amide bonds. The number of hydrogen-bond donors (Lipinski definition) is 2. The zero-order valence-corrected chi connectivity index (χ0v) is 20.7. The number of aromatic nitrogens is 5. The highest BCUT2D eigenvalue weighted by molar-refractivity contribution is 5.77. The first-order valence-electron chi connectivity index (χ1n) is 12.4. The van der Waals surface area contributed by atoms with E-state index in [1.807, 2.05) is 30.8 Å². The Morgan fingerprint density at radius 1 is 1.17 bits per heavy atom. The summed E-state index contributed by atoms with van der Waals surface area (Å²) in [7, 11) is 0. The van der Waals surface area contributed by atoms with Crippen LogP contribution in [0.2, 0.25) is 0 Å². The molecule has 8 nitrogen and oxygen atoms in total. The molecule has 0 radical (unpaired) electrons. The summed E-state index contributed by atoms with van der Waals surface area (Å²) in [4.78, 5) is 27.3. The van der Waals surface area contributed by atoms with E-state index in [1.54, 1.807) is 10.9 Å². The van der Waals surface area contributed by atoms with E-state index >= 15 is 0 Å². The fourth-order valence-corrected chi connectivity index (χ4v) is 5.14. The quantitative estimate of drug-likeness (QED) is 0.453. The number of rotatable bonds is 5. The molecule has 4 aromatic rings. The molecule has 2 aliphatic rings. The molecule has 180 valence electrons. The van der Waals surface area contributed by atoms with Crippen molar-refractivity contribution < 1.29 is 0 Å². The molecule has 35 heavy (non-hydrogen) atoms. The first-order chi connectivity index (χ1) is 16.8. The van der Waals surface area contributed by atoms with E-state index in [2.05, 4.69) is 52.6 Å². The summed E-state index contributed by atoms with van der Waals surface area (Å²) in [5, 5.41) is 7.33. The van der Waals surface area contributed by atoms with E-state index in [0.29, 0.717) is 17.0 Å². The number of nitrogens with zero attached hydrogens (tertiary/aromatic N) is 5. The number of nitrogens with one attached hydrogen (secondary N) is 2. The Morgan fingerprint density at radius 3 is 2.77 bits per heavy atom. The van der Waals surface area contributed by atoms with Crippen LogP contribution in [0, 0.1) is 6.92 Å². The molecule has 0 unspecified atom stereocenters. The second kappa shape index (κ2) is 8.02. The summed E-state index contributed by atoms with van der Waals surface area (Å²) in [5.74, 6) is 0.471. The third-order valence-electron chi connectivity index (χ3n) is 7.41. The van der Waals surface area contributed by atoms with Gasteiger partial charge in [0.15, 0.2) is 5.65 Å². The van der Waals surface area contributed by atoms with Crippen molar-refractivity contribution in [2.24, 2.45) is 0 Å². The average Bonchev–Trinajstić information content (AvgIpc) is 3.53. The lowest BCUT2D eigenvalue weighted by molar-refractivity contribution is 0.475. The van der Waals surface area contributed by atoms with Gasteiger partial charge >= 0.3 is 0 Å². The lowest BCUT2D eigenvalue weighted by Crippen LogP contribution is -2.24. The minimum absolute atomic E-state index is 0.0444. The molecule has 4 heterocycles. The van der Waals surface area contributed by atoms with Crippen molar-refractivity contribution in [3.05, 3.63) is 69.4 Å². The van der Waals surface area contributed by atoms with Gasteiger partial charge in [-0.15, -0.1) is 0 Å². The van der Waals surface area contributed by atoms with Gasteiger partial charge < -0.3 is 10.6 Å². The largest absolute Gasteiger partial charge is 0.324 e. The molecule has 8 heteroatoms. The Balaban J connectivity index is 1.47. The maximum Gasteiger partial charge on any atom is 0.278 e. The Labute approximate surface area is 204 Å². The van der Waals surface area contributed by atoms with Gasteiger partial charge in [0.05, 0.1) is 5.69 Å². The number of benzene rings is 1. The van der Waals surface area contributed by atoms with Crippen LogP contribution in [-0.4, -0.2) is 30.9 Å². The van der Waals surface area contributed by atoms with Crippen molar-refractivity contribution in [1.82, 2.24) is 29.6 Å². The number of fused-ring (bicyclic) bond motifs is 2. The van der Waals surface area contributed by atoms with E-state index in [4.69, 9.17) is 4.98 Å². The molecule has 1 fully saturated rings. The maximum atomic E-state index is 13.4. The van der Waals surface area contributed by atoms with Crippen molar-refractivity contribution >= 4 is 22.7 Å². The van der Waals surface area contributed by atoms with Crippen LogP contribution >= 0.6 is 0 Å². The molecular formula is C27H31N7O. The van der Waals surface area contributed by atoms with Crippen LogP contribution in [0.25, 0.3) is 16.7 Å². The van der Waals surface area contributed by atoms with Crippen LogP contribution in [0.1, 0.15) is 62.0 Å². The normalized spacial score (nSPS) is 16.5. The number of hydrogen-bond acceptors (Lipinski definition) is 6. The van der Waals surface area contributed by atoms with Crippen molar-refractivity contribution in [1.29, 1.82) is 0 Å². The van der Waals surface area contributed by atoms with Crippen molar-refractivity contribution in [2.75, 3.05) is 11.9 Å². The van der Waals surface area contributed by atoms with Crippen molar-refractivity contribution in [3.63, 3.8) is 0 Å². The van der Waals surface area contributed by atoms with Gasteiger partial charge in [0.1, 0.15) is 5.39 Å². The third-order valence-corrected chi connectivity index (χ3v) is 7.41. The van der Waals surface area contributed by atoms with Crippen LogP contribution in [-0.2, 0) is 18.4 Å². The highest BCUT2D eigenvalue weighted by Crippen LogP contribution is 2.46. The van der Waals surface area contributed by atoms with Gasteiger partial charge in [-0.3, -0.25) is 9.78 Å². The molecule has 1 aromatic carbocycles. The van der Waals surface area contributed by atoms with Crippen LogP contribution in [0.5, 0.6) is 0 Å². The second-order valence-corrected chi connectivity index (χ2v) is 10.4. The molecule has 2 N–H and O–H groups in total. The van der Waals surface area contributed by atoms with Crippen LogP contribution < -0.4 is 16.2 Å². The van der Waals surface area contributed by atoms with Gasteiger partial charge in [0.2, 0.25) is 5.95 Å². The lowest BCUT2D eigenvalue weighted by atomic mass is 9.95. The zero-order chi connectivity index (χ0) is 24.3. The Morgan fingerprint density at radius 2 is 2.00 bits per heavy atom. The Bertz CT molecular complexity index is 1510. The van der Waals surface area contributed by atoms with Gasteiger partial charge in [0, 0.05) is 41.8 Å². The van der Waals surface area contributed by atoms with Crippen LogP contribution in [0.15, 0.2) is 41.5 Å². The molecule has 6 rings (SSSR count). The number of aryl methyl sites for hydroxylation is 1. The lowest BCUT2D eigenvalue weighted by Gasteiger charge is -2.20. The predicted molar refractivity (Wildman–Crippen MR) is 138 cm³/mol. The van der Waals surface area contributed by atoms with Crippen LogP contribution in [0.3, 0.4) is 0 Å². The van der Waals surface area contributed by atoms with Crippen molar-refractivity contribution in [3.8, 4) is 5.69 Å². The SMILES string of the molecule is Cc1cc(Nc2ncc3c(=O)n(C(C)C)n(-c4ccnc(C5(C)CC5)c4)c3n2)cc2c1CCNC2. The van der Waals surface area contributed by atoms with Gasteiger partial charge in [-0.1, -0.05) is 6.92 Å².